The summed E-state index contributed by atoms with van der Waals surface area (Å²) in [5, 5.41) is 10.3. The molecular weight excluding hydrogens is 244 g/mol. The number of fused-ring (bicyclic) bond motifs is 1. The van der Waals surface area contributed by atoms with Crippen molar-refractivity contribution in [3.8, 4) is 0 Å². The summed E-state index contributed by atoms with van der Waals surface area (Å²) in [5.74, 6) is 2.27. The van der Waals surface area contributed by atoms with Crippen LogP contribution in [0.5, 0.6) is 0 Å². The summed E-state index contributed by atoms with van der Waals surface area (Å²) in [4.78, 5) is 0. The van der Waals surface area contributed by atoms with E-state index < -0.39 is 0 Å². The van der Waals surface area contributed by atoms with E-state index in [0.717, 1.165) is 18.3 Å². The second-order valence-corrected chi connectivity index (χ2v) is 9.19. The Bertz CT molecular complexity index is 316. The van der Waals surface area contributed by atoms with Gasteiger partial charge in [-0.1, -0.05) is 53.9 Å². The number of aliphatic hydroxyl groups is 1. The van der Waals surface area contributed by atoms with Gasteiger partial charge in [-0.3, -0.25) is 0 Å². The molecule has 0 radical (unpaired) electrons. The lowest BCUT2D eigenvalue weighted by molar-refractivity contribution is -0.0279. The third-order valence-corrected chi connectivity index (χ3v) is 6.44. The first-order valence-electron chi connectivity index (χ1n) is 8.92. The van der Waals surface area contributed by atoms with Gasteiger partial charge in [0.25, 0.3) is 0 Å². The molecule has 0 aromatic heterocycles. The summed E-state index contributed by atoms with van der Waals surface area (Å²) in [6, 6.07) is 0. The molecule has 118 valence electrons. The fourth-order valence-corrected chi connectivity index (χ4v) is 5.28. The lowest BCUT2D eigenvalue weighted by atomic mass is 9.61. The van der Waals surface area contributed by atoms with E-state index in [1.807, 2.05) is 0 Å². The summed E-state index contributed by atoms with van der Waals surface area (Å²) in [6.45, 7) is 12.0. The Balaban J connectivity index is 1.92. The van der Waals surface area contributed by atoms with Crippen LogP contribution in [-0.4, -0.2) is 11.2 Å². The maximum atomic E-state index is 10.3. The third-order valence-electron chi connectivity index (χ3n) is 6.44. The zero-order valence-corrected chi connectivity index (χ0v) is 14.4. The van der Waals surface area contributed by atoms with Gasteiger partial charge in [-0.2, -0.15) is 0 Å². The summed E-state index contributed by atoms with van der Waals surface area (Å²) in [5.41, 5.74) is 0.904. The van der Waals surface area contributed by atoms with Gasteiger partial charge in [0.2, 0.25) is 0 Å². The van der Waals surface area contributed by atoms with Gasteiger partial charge in [0.05, 0.1) is 6.10 Å². The maximum absolute atomic E-state index is 10.3. The standard InChI is InChI=1S/C19H36O/c1-14(8-6-12-18(2,3)4)15-10-11-16-17(20)9-7-13-19(15,16)5/h14-17,20H,6-13H2,1-5H3/t14-,15-,16?,17+,19-/m1/s1. The molecule has 0 spiro atoms. The number of aliphatic hydroxyl groups excluding tert-OH is 1. The fraction of sp³-hybridized carbons (Fsp3) is 1.00. The van der Waals surface area contributed by atoms with Crippen LogP contribution >= 0.6 is 0 Å². The Kier molecular flexibility index (Phi) is 4.89. The molecule has 0 aliphatic heterocycles. The minimum absolute atomic E-state index is 0.0134. The van der Waals surface area contributed by atoms with Gasteiger partial charge in [-0.15, -0.1) is 0 Å². The minimum atomic E-state index is -0.0134. The quantitative estimate of drug-likeness (QED) is 0.729. The summed E-state index contributed by atoms with van der Waals surface area (Å²) >= 11 is 0. The molecule has 2 saturated carbocycles. The van der Waals surface area contributed by atoms with Crippen LogP contribution in [0.1, 0.15) is 86.0 Å². The van der Waals surface area contributed by atoms with Crippen molar-refractivity contribution in [1.82, 2.24) is 0 Å². The number of hydrogen-bond acceptors (Lipinski definition) is 1. The van der Waals surface area contributed by atoms with Crippen LogP contribution in [0.15, 0.2) is 0 Å². The van der Waals surface area contributed by atoms with Crippen LogP contribution in [0, 0.1) is 28.6 Å². The first-order valence-corrected chi connectivity index (χ1v) is 8.92. The zero-order chi connectivity index (χ0) is 15.0. The Morgan fingerprint density at radius 1 is 1.20 bits per heavy atom. The second kappa shape index (κ2) is 5.99. The highest BCUT2D eigenvalue weighted by Crippen LogP contribution is 2.58. The molecule has 1 N–H and O–H groups in total. The molecule has 5 atom stereocenters. The molecule has 0 heterocycles. The van der Waals surface area contributed by atoms with E-state index in [2.05, 4.69) is 34.6 Å². The van der Waals surface area contributed by atoms with E-state index in [1.165, 1.54) is 44.9 Å². The molecule has 0 amide bonds. The molecule has 2 fully saturated rings. The van der Waals surface area contributed by atoms with Crippen molar-refractivity contribution in [2.24, 2.45) is 28.6 Å². The van der Waals surface area contributed by atoms with Gasteiger partial charge in [0.1, 0.15) is 0 Å². The average Bonchev–Trinajstić information content (AvgIpc) is 2.66. The van der Waals surface area contributed by atoms with Crippen molar-refractivity contribution in [3.63, 3.8) is 0 Å². The van der Waals surface area contributed by atoms with E-state index in [9.17, 15) is 5.11 Å². The molecule has 0 bridgehead atoms. The molecule has 0 aromatic rings. The fourth-order valence-electron chi connectivity index (χ4n) is 5.28. The van der Waals surface area contributed by atoms with Gasteiger partial charge in [0.15, 0.2) is 0 Å². The van der Waals surface area contributed by atoms with Crippen molar-refractivity contribution in [3.05, 3.63) is 0 Å². The highest BCUT2D eigenvalue weighted by Gasteiger charge is 2.51. The number of rotatable bonds is 4. The van der Waals surface area contributed by atoms with Crippen LogP contribution in [0.3, 0.4) is 0 Å². The summed E-state index contributed by atoms with van der Waals surface area (Å²) in [6.07, 6.45) is 10.3. The largest absolute Gasteiger partial charge is 0.393 e. The molecular formula is C19H36O. The highest BCUT2D eigenvalue weighted by molar-refractivity contribution is 5.01. The molecule has 2 rings (SSSR count). The molecule has 0 saturated heterocycles. The SMILES string of the molecule is C[C@H](CCCC(C)(C)C)[C@H]1CCC2[C@@H](O)CCC[C@@]21C. The van der Waals surface area contributed by atoms with Gasteiger partial charge >= 0.3 is 0 Å². The lowest BCUT2D eigenvalue weighted by Gasteiger charge is -2.45. The van der Waals surface area contributed by atoms with E-state index in [4.69, 9.17) is 0 Å². The maximum Gasteiger partial charge on any atom is 0.0573 e. The molecule has 2 aliphatic rings. The summed E-state index contributed by atoms with van der Waals surface area (Å²) in [7, 11) is 0. The first kappa shape index (κ1) is 16.3. The minimum Gasteiger partial charge on any atom is -0.393 e. The normalized spacial score (nSPS) is 39.6. The lowest BCUT2D eigenvalue weighted by Crippen LogP contribution is -2.41. The predicted octanol–water partition coefficient (Wildman–Crippen LogP) is 5.42. The Hall–Kier alpha value is -0.0400. The van der Waals surface area contributed by atoms with Crippen molar-refractivity contribution in [1.29, 1.82) is 0 Å². The monoisotopic (exact) mass is 280 g/mol. The van der Waals surface area contributed by atoms with Crippen molar-refractivity contribution < 1.29 is 5.11 Å². The van der Waals surface area contributed by atoms with Gasteiger partial charge in [-0.25, -0.2) is 0 Å². The third kappa shape index (κ3) is 3.40. The summed E-state index contributed by atoms with van der Waals surface area (Å²) < 4.78 is 0. The van der Waals surface area contributed by atoms with Crippen molar-refractivity contribution in [2.45, 2.75) is 92.1 Å². The Morgan fingerprint density at radius 3 is 2.55 bits per heavy atom. The smallest absolute Gasteiger partial charge is 0.0573 e. The number of hydrogen-bond donors (Lipinski definition) is 1. The molecule has 1 nitrogen and oxygen atoms in total. The zero-order valence-electron chi connectivity index (χ0n) is 14.4. The second-order valence-electron chi connectivity index (χ2n) is 9.19. The van der Waals surface area contributed by atoms with E-state index in [0.29, 0.717) is 16.7 Å². The van der Waals surface area contributed by atoms with Crippen LogP contribution in [0.25, 0.3) is 0 Å². The Labute approximate surface area is 126 Å². The van der Waals surface area contributed by atoms with Crippen LogP contribution in [0.4, 0.5) is 0 Å². The molecule has 1 unspecified atom stereocenters. The Morgan fingerprint density at radius 2 is 1.90 bits per heavy atom. The average molecular weight is 280 g/mol. The van der Waals surface area contributed by atoms with Crippen LogP contribution < -0.4 is 0 Å². The molecule has 0 aromatic carbocycles. The first-order chi connectivity index (χ1) is 9.24. The highest BCUT2D eigenvalue weighted by atomic mass is 16.3. The van der Waals surface area contributed by atoms with Crippen LogP contribution in [-0.2, 0) is 0 Å². The van der Waals surface area contributed by atoms with Gasteiger partial charge in [-0.05, 0) is 60.7 Å². The van der Waals surface area contributed by atoms with E-state index in [-0.39, 0.29) is 6.10 Å². The van der Waals surface area contributed by atoms with Gasteiger partial charge < -0.3 is 5.11 Å². The predicted molar refractivity (Wildman–Crippen MR) is 86.6 cm³/mol. The molecule has 20 heavy (non-hydrogen) atoms. The van der Waals surface area contributed by atoms with E-state index in [1.54, 1.807) is 0 Å². The van der Waals surface area contributed by atoms with Gasteiger partial charge in [0, 0.05) is 0 Å². The molecule has 1 heteroatoms. The molecule has 2 aliphatic carbocycles. The topological polar surface area (TPSA) is 20.2 Å². The van der Waals surface area contributed by atoms with E-state index >= 15 is 0 Å². The van der Waals surface area contributed by atoms with Crippen molar-refractivity contribution >= 4 is 0 Å². The van der Waals surface area contributed by atoms with Crippen LogP contribution in [0.2, 0.25) is 0 Å². The van der Waals surface area contributed by atoms with Crippen molar-refractivity contribution in [2.75, 3.05) is 0 Å².